The number of nitrogens with zero attached hydrogens (tertiary/aromatic N) is 1. The van der Waals surface area contributed by atoms with E-state index in [2.05, 4.69) is 15.5 Å². The van der Waals surface area contributed by atoms with E-state index in [0.717, 1.165) is 19.6 Å². The minimum atomic E-state index is -0.448. The van der Waals surface area contributed by atoms with Crippen LogP contribution in [-0.2, 0) is 14.3 Å². The molecule has 2 amide bonds. The largest absolute Gasteiger partial charge is 0.495 e. The second-order valence-corrected chi connectivity index (χ2v) is 6.12. The van der Waals surface area contributed by atoms with Gasteiger partial charge in [0, 0.05) is 38.3 Å². The quantitative estimate of drug-likeness (QED) is 0.652. The van der Waals surface area contributed by atoms with Crippen LogP contribution in [0.3, 0.4) is 0 Å². The molecule has 2 N–H and O–H groups in total. The van der Waals surface area contributed by atoms with Crippen LogP contribution < -0.4 is 20.1 Å². The van der Waals surface area contributed by atoms with Gasteiger partial charge in [0.05, 0.1) is 38.1 Å². The number of methoxy groups -OCH3 is 2. The van der Waals surface area contributed by atoms with E-state index < -0.39 is 5.91 Å². The van der Waals surface area contributed by atoms with Gasteiger partial charge in [0.1, 0.15) is 17.9 Å². The van der Waals surface area contributed by atoms with Crippen LogP contribution in [0, 0.1) is 0 Å². The first-order valence-corrected chi connectivity index (χ1v) is 8.69. The Kier molecular flexibility index (Phi) is 7.96. The van der Waals surface area contributed by atoms with Crippen molar-refractivity contribution in [1.82, 2.24) is 10.2 Å². The fourth-order valence-electron chi connectivity index (χ4n) is 2.54. The van der Waals surface area contributed by atoms with E-state index in [1.54, 1.807) is 12.1 Å². The maximum atomic E-state index is 12.1. The van der Waals surface area contributed by atoms with Gasteiger partial charge in [-0.2, -0.15) is 0 Å². The number of anilines is 1. The molecule has 1 aliphatic rings. The molecule has 0 atom stereocenters. The third-order valence-electron chi connectivity index (χ3n) is 3.92. The fraction of sp³-hybridized carbons (Fsp3) is 0.529. The summed E-state index contributed by atoms with van der Waals surface area (Å²) in [7, 11) is 2.94. The molecule has 2 rings (SSSR count). The summed E-state index contributed by atoms with van der Waals surface area (Å²) in [6.07, 6.45) is -0.281. The molecule has 26 heavy (non-hydrogen) atoms. The van der Waals surface area contributed by atoms with E-state index in [-0.39, 0.29) is 12.3 Å². The molecule has 1 aromatic rings. The van der Waals surface area contributed by atoms with Gasteiger partial charge in [-0.25, -0.2) is 0 Å². The maximum Gasteiger partial charge on any atom is 0.233 e. The van der Waals surface area contributed by atoms with Gasteiger partial charge >= 0.3 is 0 Å². The van der Waals surface area contributed by atoms with Crippen molar-refractivity contribution in [2.75, 3.05) is 58.9 Å². The van der Waals surface area contributed by atoms with Crippen molar-refractivity contribution >= 4 is 29.1 Å². The molecule has 0 bridgehead atoms. The first-order valence-electron chi connectivity index (χ1n) is 8.31. The van der Waals surface area contributed by atoms with Gasteiger partial charge < -0.3 is 24.8 Å². The first kappa shape index (κ1) is 20.3. The third kappa shape index (κ3) is 6.05. The van der Waals surface area contributed by atoms with Crippen LogP contribution >= 0.6 is 11.6 Å². The molecule has 1 aromatic carbocycles. The molecule has 0 radical (unpaired) electrons. The van der Waals surface area contributed by atoms with Gasteiger partial charge in [0.2, 0.25) is 11.8 Å². The zero-order chi connectivity index (χ0) is 18.9. The fourth-order valence-corrected chi connectivity index (χ4v) is 2.77. The maximum absolute atomic E-state index is 12.1. The Labute approximate surface area is 157 Å². The summed E-state index contributed by atoms with van der Waals surface area (Å²) < 4.78 is 15.6. The van der Waals surface area contributed by atoms with Crippen molar-refractivity contribution in [1.29, 1.82) is 0 Å². The molecule has 1 aliphatic heterocycles. The minimum absolute atomic E-state index is 0.281. The van der Waals surface area contributed by atoms with E-state index in [9.17, 15) is 9.59 Å². The van der Waals surface area contributed by atoms with Crippen LogP contribution in [0.25, 0.3) is 0 Å². The second-order valence-electron chi connectivity index (χ2n) is 5.72. The number of hydrogen-bond acceptors (Lipinski definition) is 6. The van der Waals surface area contributed by atoms with Gasteiger partial charge in [-0.05, 0) is 0 Å². The molecule has 8 nitrogen and oxygen atoms in total. The lowest BCUT2D eigenvalue weighted by atomic mass is 10.2. The molecular formula is C17H24ClN3O5. The van der Waals surface area contributed by atoms with E-state index in [0.29, 0.717) is 42.0 Å². The summed E-state index contributed by atoms with van der Waals surface area (Å²) in [5.41, 5.74) is 0.389. The van der Waals surface area contributed by atoms with Crippen LogP contribution in [0.15, 0.2) is 12.1 Å². The molecule has 0 aliphatic carbocycles. The standard InChI is InChI=1S/C17H24ClN3O5/c1-24-14-10-13(15(25-2)9-12(14)18)20-17(23)11-16(22)19-3-4-21-5-7-26-8-6-21/h9-10H,3-8,11H2,1-2H3,(H,19,22)(H,20,23). The van der Waals surface area contributed by atoms with Gasteiger partial charge in [0.25, 0.3) is 0 Å². The van der Waals surface area contributed by atoms with Crippen molar-refractivity contribution in [3.05, 3.63) is 17.2 Å². The molecule has 0 aromatic heterocycles. The first-order chi connectivity index (χ1) is 12.5. The second kappa shape index (κ2) is 10.2. The van der Waals surface area contributed by atoms with Crippen molar-refractivity contribution < 1.29 is 23.8 Å². The van der Waals surface area contributed by atoms with Crippen molar-refractivity contribution in [2.24, 2.45) is 0 Å². The van der Waals surface area contributed by atoms with E-state index in [1.807, 2.05) is 0 Å². The highest BCUT2D eigenvalue weighted by molar-refractivity contribution is 6.32. The zero-order valence-electron chi connectivity index (χ0n) is 15.0. The van der Waals surface area contributed by atoms with E-state index in [4.69, 9.17) is 25.8 Å². The molecule has 9 heteroatoms. The SMILES string of the molecule is COc1cc(NC(=O)CC(=O)NCCN2CCOCC2)c(OC)cc1Cl. The van der Waals surface area contributed by atoms with Crippen LogP contribution in [0.2, 0.25) is 5.02 Å². The number of ether oxygens (including phenoxy) is 3. The Bertz CT molecular complexity index is 635. The Morgan fingerprint density at radius 1 is 1.15 bits per heavy atom. The van der Waals surface area contributed by atoms with E-state index >= 15 is 0 Å². The molecule has 1 fully saturated rings. The summed E-state index contributed by atoms with van der Waals surface area (Å²) in [6.45, 7) is 4.36. The van der Waals surface area contributed by atoms with Crippen LogP contribution in [0.4, 0.5) is 5.69 Å². The Balaban J connectivity index is 1.81. The lowest BCUT2D eigenvalue weighted by molar-refractivity contribution is -0.126. The number of rotatable bonds is 8. The van der Waals surface area contributed by atoms with E-state index in [1.165, 1.54) is 14.2 Å². The number of carbonyl (C=O) groups excluding carboxylic acids is 2. The lowest BCUT2D eigenvalue weighted by Gasteiger charge is -2.26. The van der Waals surface area contributed by atoms with Crippen LogP contribution in [-0.4, -0.2) is 70.3 Å². The summed E-state index contributed by atoms with van der Waals surface area (Å²) in [4.78, 5) is 26.2. The lowest BCUT2D eigenvalue weighted by Crippen LogP contribution is -2.41. The predicted molar refractivity (Wildman–Crippen MR) is 98.1 cm³/mol. The average molecular weight is 386 g/mol. The highest BCUT2D eigenvalue weighted by Gasteiger charge is 2.15. The monoisotopic (exact) mass is 385 g/mol. The smallest absolute Gasteiger partial charge is 0.233 e. The minimum Gasteiger partial charge on any atom is -0.495 e. The van der Waals surface area contributed by atoms with Gasteiger partial charge in [-0.3, -0.25) is 14.5 Å². The number of benzene rings is 1. The van der Waals surface area contributed by atoms with Gasteiger partial charge in [-0.15, -0.1) is 0 Å². The van der Waals surface area contributed by atoms with Crippen LogP contribution in [0.5, 0.6) is 11.5 Å². The Hall–Kier alpha value is -2.03. The number of morpholine rings is 1. The third-order valence-corrected chi connectivity index (χ3v) is 4.22. The highest BCUT2D eigenvalue weighted by atomic mass is 35.5. The highest BCUT2D eigenvalue weighted by Crippen LogP contribution is 2.35. The molecule has 1 saturated heterocycles. The number of amides is 2. The van der Waals surface area contributed by atoms with Crippen molar-refractivity contribution in [2.45, 2.75) is 6.42 Å². The van der Waals surface area contributed by atoms with Gasteiger partial charge in [0.15, 0.2) is 0 Å². The predicted octanol–water partition coefficient (Wildman–Crippen LogP) is 1.13. The van der Waals surface area contributed by atoms with Crippen LogP contribution in [0.1, 0.15) is 6.42 Å². The number of nitrogens with one attached hydrogen (secondary N) is 2. The topological polar surface area (TPSA) is 89.1 Å². The number of halogens is 1. The summed E-state index contributed by atoms with van der Waals surface area (Å²) in [5, 5.41) is 5.76. The molecule has 144 valence electrons. The summed E-state index contributed by atoms with van der Waals surface area (Å²) in [5.74, 6) is 0.00167. The zero-order valence-corrected chi connectivity index (χ0v) is 15.7. The molecule has 0 unspecified atom stereocenters. The van der Waals surface area contributed by atoms with Gasteiger partial charge in [-0.1, -0.05) is 11.6 Å². The molecule has 0 saturated carbocycles. The molecular weight excluding hydrogens is 362 g/mol. The number of hydrogen-bond donors (Lipinski definition) is 2. The molecule has 0 spiro atoms. The van der Waals surface area contributed by atoms with Crippen molar-refractivity contribution in [3.8, 4) is 11.5 Å². The summed E-state index contributed by atoms with van der Waals surface area (Å²) >= 11 is 6.03. The normalized spacial score (nSPS) is 14.6. The summed E-state index contributed by atoms with van der Waals surface area (Å²) in [6, 6.07) is 3.09. The Morgan fingerprint density at radius 2 is 1.85 bits per heavy atom. The van der Waals surface area contributed by atoms with Crippen molar-refractivity contribution in [3.63, 3.8) is 0 Å². The molecule has 1 heterocycles. The Morgan fingerprint density at radius 3 is 2.50 bits per heavy atom. The average Bonchev–Trinajstić information content (AvgIpc) is 2.63. The number of carbonyl (C=O) groups is 2.